The average Bonchev–Trinajstić information content (AvgIpc) is 3.34. The predicted octanol–water partition coefficient (Wildman–Crippen LogP) is 3.36. The number of thiazole rings is 1. The number of nitrogens with one attached hydrogen (secondary N) is 2. The summed E-state index contributed by atoms with van der Waals surface area (Å²) in [5.74, 6) is -0.221. The molecule has 2 N–H and O–H groups in total. The van der Waals surface area contributed by atoms with Crippen LogP contribution in [0.25, 0.3) is 9.88 Å². The molecule has 4 rings (SSSR count). The van der Waals surface area contributed by atoms with Crippen LogP contribution >= 0.6 is 22.7 Å². The Labute approximate surface area is 152 Å². The van der Waals surface area contributed by atoms with E-state index in [4.69, 9.17) is 0 Å². The SMILES string of the molecule is O=C(C[C@@H]1NC(=O)c2ccccc21)NCc1csc(-c2cccs2)n1. The summed E-state index contributed by atoms with van der Waals surface area (Å²) in [6, 6.07) is 11.1. The Bertz CT molecular complexity index is 918. The molecule has 2 amide bonds. The summed E-state index contributed by atoms with van der Waals surface area (Å²) in [6.45, 7) is 0.392. The summed E-state index contributed by atoms with van der Waals surface area (Å²) in [4.78, 5) is 29.8. The Kier molecular flexibility index (Phi) is 4.33. The number of hydrogen-bond acceptors (Lipinski definition) is 5. The van der Waals surface area contributed by atoms with E-state index in [2.05, 4.69) is 15.6 Å². The highest BCUT2D eigenvalue weighted by Gasteiger charge is 2.29. The molecule has 25 heavy (non-hydrogen) atoms. The molecular formula is C18H15N3O2S2. The first kappa shape index (κ1) is 16.0. The Morgan fingerprint density at radius 2 is 2.08 bits per heavy atom. The van der Waals surface area contributed by atoms with Gasteiger partial charge in [-0.2, -0.15) is 0 Å². The fourth-order valence-electron chi connectivity index (χ4n) is 2.83. The van der Waals surface area contributed by atoms with Gasteiger partial charge in [-0.15, -0.1) is 22.7 Å². The molecule has 7 heteroatoms. The molecule has 0 fully saturated rings. The monoisotopic (exact) mass is 369 g/mol. The number of nitrogens with zero attached hydrogens (tertiary/aromatic N) is 1. The van der Waals surface area contributed by atoms with Gasteiger partial charge in [0, 0.05) is 10.9 Å². The topological polar surface area (TPSA) is 71.1 Å². The van der Waals surface area contributed by atoms with Crippen molar-refractivity contribution in [3.05, 3.63) is 64.0 Å². The summed E-state index contributed by atoms with van der Waals surface area (Å²) in [6.07, 6.45) is 0.227. The van der Waals surface area contributed by atoms with Crippen molar-refractivity contribution < 1.29 is 9.59 Å². The summed E-state index contributed by atoms with van der Waals surface area (Å²) in [7, 11) is 0. The third-order valence-electron chi connectivity index (χ3n) is 4.03. The van der Waals surface area contributed by atoms with Gasteiger partial charge in [0.1, 0.15) is 5.01 Å². The summed E-state index contributed by atoms with van der Waals surface area (Å²) >= 11 is 3.22. The van der Waals surface area contributed by atoms with Crippen molar-refractivity contribution in [2.45, 2.75) is 19.0 Å². The molecule has 1 aliphatic heterocycles. The molecule has 3 heterocycles. The van der Waals surface area contributed by atoms with Crippen LogP contribution in [0.2, 0.25) is 0 Å². The number of rotatable bonds is 5. The van der Waals surface area contributed by atoms with Gasteiger partial charge in [0.15, 0.2) is 0 Å². The van der Waals surface area contributed by atoms with Crippen molar-refractivity contribution in [2.24, 2.45) is 0 Å². The molecule has 1 aliphatic rings. The zero-order chi connectivity index (χ0) is 17.2. The van der Waals surface area contributed by atoms with E-state index in [1.165, 1.54) is 0 Å². The minimum absolute atomic E-state index is 0.104. The van der Waals surface area contributed by atoms with E-state index < -0.39 is 0 Å². The Morgan fingerprint density at radius 1 is 1.20 bits per heavy atom. The zero-order valence-electron chi connectivity index (χ0n) is 13.2. The predicted molar refractivity (Wildman–Crippen MR) is 98.5 cm³/mol. The molecule has 0 unspecified atom stereocenters. The van der Waals surface area contributed by atoms with Crippen molar-refractivity contribution in [1.29, 1.82) is 0 Å². The van der Waals surface area contributed by atoms with E-state index in [-0.39, 0.29) is 24.3 Å². The molecule has 126 valence electrons. The molecule has 0 radical (unpaired) electrons. The van der Waals surface area contributed by atoms with E-state index in [0.717, 1.165) is 21.1 Å². The number of thiophene rings is 1. The minimum Gasteiger partial charge on any atom is -0.350 e. The molecule has 0 saturated heterocycles. The largest absolute Gasteiger partial charge is 0.350 e. The van der Waals surface area contributed by atoms with Crippen LogP contribution in [0.4, 0.5) is 0 Å². The van der Waals surface area contributed by atoms with Crippen LogP contribution in [0.15, 0.2) is 47.2 Å². The highest BCUT2D eigenvalue weighted by atomic mass is 32.1. The number of hydrogen-bond donors (Lipinski definition) is 2. The molecule has 3 aromatic rings. The molecule has 0 spiro atoms. The van der Waals surface area contributed by atoms with E-state index in [1.807, 2.05) is 41.1 Å². The van der Waals surface area contributed by atoms with E-state index in [1.54, 1.807) is 28.7 Å². The third-order valence-corrected chi connectivity index (χ3v) is 5.96. The summed E-state index contributed by atoms with van der Waals surface area (Å²) in [5.41, 5.74) is 2.38. The Balaban J connectivity index is 1.35. The zero-order valence-corrected chi connectivity index (χ0v) is 14.8. The molecule has 1 aromatic carbocycles. The molecule has 2 aromatic heterocycles. The second-order valence-corrected chi connectivity index (χ2v) is 7.52. The lowest BCUT2D eigenvalue weighted by Crippen LogP contribution is -2.28. The van der Waals surface area contributed by atoms with Gasteiger partial charge in [-0.25, -0.2) is 4.98 Å². The highest BCUT2D eigenvalue weighted by molar-refractivity contribution is 7.20. The van der Waals surface area contributed by atoms with Crippen molar-refractivity contribution in [1.82, 2.24) is 15.6 Å². The first-order valence-electron chi connectivity index (χ1n) is 7.85. The quantitative estimate of drug-likeness (QED) is 0.724. The highest BCUT2D eigenvalue weighted by Crippen LogP contribution is 2.28. The maximum absolute atomic E-state index is 12.2. The summed E-state index contributed by atoms with van der Waals surface area (Å²) < 4.78 is 0. The van der Waals surface area contributed by atoms with Crippen LogP contribution in [0.3, 0.4) is 0 Å². The molecule has 0 saturated carbocycles. The molecular weight excluding hydrogens is 354 g/mol. The van der Waals surface area contributed by atoms with Crippen LogP contribution in [-0.4, -0.2) is 16.8 Å². The smallest absolute Gasteiger partial charge is 0.252 e. The van der Waals surface area contributed by atoms with Crippen LogP contribution in [0.1, 0.15) is 34.1 Å². The van der Waals surface area contributed by atoms with Gasteiger partial charge in [0.2, 0.25) is 5.91 Å². The van der Waals surface area contributed by atoms with E-state index in [9.17, 15) is 9.59 Å². The molecule has 0 bridgehead atoms. The summed E-state index contributed by atoms with van der Waals surface area (Å²) in [5, 5.41) is 10.7. The average molecular weight is 369 g/mol. The number of benzene rings is 1. The van der Waals surface area contributed by atoms with Crippen LogP contribution in [0.5, 0.6) is 0 Å². The number of fused-ring (bicyclic) bond motifs is 1. The lowest BCUT2D eigenvalue weighted by molar-refractivity contribution is -0.121. The van der Waals surface area contributed by atoms with Gasteiger partial charge >= 0.3 is 0 Å². The fraction of sp³-hybridized carbons (Fsp3) is 0.167. The van der Waals surface area contributed by atoms with Gasteiger partial charge in [0.05, 0.1) is 29.6 Å². The van der Waals surface area contributed by atoms with E-state index >= 15 is 0 Å². The van der Waals surface area contributed by atoms with Crippen LogP contribution in [0, 0.1) is 0 Å². The number of carbonyl (C=O) groups is 2. The van der Waals surface area contributed by atoms with Gasteiger partial charge in [0.25, 0.3) is 5.91 Å². The Hall–Kier alpha value is -2.51. The molecule has 0 aliphatic carbocycles. The minimum atomic E-state index is -0.263. The first-order chi connectivity index (χ1) is 12.2. The van der Waals surface area contributed by atoms with Crippen molar-refractivity contribution in [2.75, 3.05) is 0 Å². The van der Waals surface area contributed by atoms with Gasteiger partial charge < -0.3 is 10.6 Å². The second-order valence-electron chi connectivity index (χ2n) is 5.72. The third kappa shape index (κ3) is 3.33. The number of carbonyl (C=O) groups excluding carboxylic acids is 2. The lowest BCUT2D eigenvalue weighted by atomic mass is 10.0. The fourth-order valence-corrected chi connectivity index (χ4v) is 4.46. The standard InChI is InChI=1S/C18H15N3O2S2/c22-16(8-14-12-4-1-2-5-13(12)17(23)21-14)19-9-11-10-25-18(20-11)15-6-3-7-24-15/h1-7,10,14H,8-9H2,(H,19,22)(H,21,23)/t14-/m0/s1. The van der Waals surface area contributed by atoms with Gasteiger partial charge in [-0.05, 0) is 23.1 Å². The van der Waals surface area contributed by atoms with Gasteiger partial charge in [-0.3, -0.25) is 9.59 Å². The van der Waals surface area contributed by atoms with Crippen molar-refractivity contribution >= 4 is 34.5 Å². The number of amides is 2. The maximum atomic E-state index is 12.2. The van der Waals surface area contributed by atoms with Crippen molar-refractivity contribution in [3.63, 3.8) is 0 Å². The number of aromatic nitrogens is 1. The maximum Gasteiger partial charge on any atom is 0.252 e. The van der Waals surface area contributed by atoms with Crippen LogP contribution in [-0.2, 0) is 11.3 Å². The van der Waals surface area contributed by atoms with Crippen molar-refractivity contribution in [3.8, 4) is 9.88 Å². The van der Waals surface area contributed by atoms with E-state index in [0.29, 0.717) is 12.1 Å². The first-order valence-corrected chi connectivity index (χ1v) is 9.61. The molecule has 1 atom stereocenters. The second kappa shape index (κ2) is 6.78. The Morgan fingerprint density at radius 3 is 2.92 bits per heavy atom. The van der Waals surface area contributed by atoms with Gasteiger partial charge in [-0.1, -0.05) is 24.3 Å². The van der Waals surface area contributed by atoms with Crippen LogP contribution < -0.4 is 10.6 Å². The lowest BCUT2D eigenvalue weighted by Gasteiger charge is -2.11. The normalized spacial score (nSPS) is 15.7. The molecule has 5 nitrogen and oxygen atoms in total.